The predicted octanol–water partition coefficient (Wildman–Crippen LogP) is 4.37. The van der Waals surface area contributed by atoms with Crippen molar-refractivity contribution in [1.29, 1.82) is 0 Å². The van der Waals surface area contributed by atoms with E-state index in [1.807, 2.05) is 13.0 Å². The number of nitrogens with one attached hydrogen (secondary N) is 1. The van der Waals surface area contributed by atoms with Crippen molar-refractivity contribution in [3.63, 3.8) is 0 Å². The first-order valence-corrected chi connectivity index (χ1v) is 7.82. The number of ether oxygens (including phenoxy) is 1. The molecule has 1 atom stereocenters. The normalized spacial score (nSPS) is 15.5. The van der Waals surface area contributed by atoms with E-state index in [1.54, 1.807) is 12.1 Å². The Bertz CT molecular complexity index is 486. The van der Waals surface area contributed by atoms with Crippen molar-refractivity contribution >= 4 is 11.4 Å². The zero-order valence-electron chi connectivity index (χ0n) is 12.8. The predicted molar refractivity (Wildman–Crippen MR) is 83.9 cm³/mol. The van der Waals surface area contributed by atoms with Gasteiger partial charge in [-0.2, -0.15) is 0 Å². The molecule has 1 N–H and O–H groups in total. The van der Waals surface area contributed by atoms with E-state index in [4.69, 9.17) is 4.74 Å². The minimum Gasteiger partial charge on any atom is -0.487 e. The summed E-state index contributed by atoms with van der Waals surface area (Å²) in [7, 11) is 0. The third kappa shape index (κ3) is 4.34. The minimum atomic E-state index is -0.350. The second-order valence-electron chi connectivity index (χ2n) is 5.69. The largest absolute Gasteiger partial charge is 0.487 e. The summed E-state index contributed by atoms with van der Waals surface area (Å²) in [6.07, 6.45) is 5.47. The third-order valence-corrected chi connectivity index (χ3v) is 3.81. The van der Waals surface area contributed by atoms with Crippen molar-refractivity contribution in [2.45, 2.75) is 52.0 Å². The fourth-order valence-corrected chi connectivity index (χ4v) is 2.46. The number of nitro groups is 1. The Balaban J connectivity index is 2.17. The summed E-state index contributed by atoms with van der Waals surface area (Å²) in [5, 5.41) is 14.7. The highest BCUT2D eigenvalue weighted by Gasteiger charge is 2.27. The van der Waals surface area contributed by atoms with Crippen LogP contribution in [-0.4, -0.2) is 17.6 Å². The maximum atomic E-state index is 11.4. The van der Waals surface area contributed by atoms with Crippen LogP contribution in [0.15, 0.2) is 18.2 Å². The van der Waals surface area contributed by atoms with Crippen LogP contribution in [0.3, 0.4) is 0 Å². The van der Waals surface area contributed by atoms with Crippen LogP contribution in [0, 0.1) is 16.0 Å². The minimum absolute atomic E-state index is 0.0557. The van der Waals surface area contributed by atoms with E-state index < -0.39 is 0 Å². The molecule has 0 bridgehead atoms. The maximum Gasteiger partial charge on any atom is 0.333 e. The molecule has 0 spiro atoms. The van der Waals surface area contributed by atoms with Gasteiger partial charge in [-0.05, 0) is 37.3 Å². The highest BCUT2D eigenvalue weighted by molar-refractivity contribution is 5.68. The fourth-order valence-electron chi connectivity index (χ4n) is 2.46. The van der Waals surface area contributed by atoms with Crippen molar-refractivity contribution in [1.82, 2.24) is 0 Å². The number of hydrogen-bond donors (Lipinski definition) is 1. The van der Waals surface area contributed by atoms with Crippen LogP contribution in [-0.2, 0) is 0 Å². The summed E-state index contributed by atoms with van der Waals surface area (Å²) < 4.78 is 5.52. The van der Waals surface area contributed by atoms with Gasteiger partial charge in [0.2, 0.25) is 0 Å². The standard InChI is InChI=1S/C16H24N2O3/c1-3-10-21-15-7-5-6-14(16(15)18(19)20)17-13(4-2)11-12-8-9-12/h5-7,12-13,17H,3-4,8-11H2,1-2H3. The number of rotatable bonds is 9. The molecular weight excluding hydrogens is 268 g/mol. The van der Waals surface area contributed by atoms with Gasteiger partial charge in [0, 0.05) is 6.04 Å². The van der Waals surface area contributed by atoms with Crippen molar-refractivity contribution in [2.75, 3.05) is 11.9 Å². The number of hydrogen-bond acceptors (Lipinski definition) is 4. The Morgan fingerprint density at radius 2 is 2.19 bits per heavy atom. The van der Waals surface area contributed by atoms with Gasteiger partial charge in [-0.1, -0.05) is 32.8 Å². The number of para-hydroxylation sites is 1. The van der Waals surface area contributed by atoms with Gasteiger partial charge in [-0.25, -0.2) is 0 Å². The van der Waals surface area contributed by atoms with Crippen LogP contribution in [0.25, 0.3) is 0 Å². The molecule has 0 aromatic heterocycles. The number of anilines is 1. The van der Waals surface area contributed by atoms with E-state index in [1.165, 1.54) is 12.8 Å². The lowest BCUT2D eigenvalue weighted by molar-refractivity contribution is -0.385. The van der Waals surface area contributed by atoms with Gasteiger partial charge in [-0.15, -0.1) is 0 Å². The first-order chi connectivity index (χ1) is 10.2. The van der Waals surface area contributed by atoms with Crippen molar-refractivity contribution in [2.24, 2.45) is 5.92 Å². The summed E-state index contributed by atoms with van der Waals surface area (Å²) in [6, 6.07) is 5.54. The molecular formula is C16H24N2O3. The van der Waals surface area contributed by atoms with E-state index in [9.17, 15) is 10.1 Å². The van der Waals surface area contributed by atoms with Gasteiger partial charge in [-0.3, -0.25) is 10.1 Å². The fraction of sp³-hybridized carbons (Fsp3) is 0.625. The van der Waals surface area contributed by atoms with E-state index in [0.717, 1.165) is 25.2 Å². The van der Waals surface area contributed by atoms with Crippen molar-refractivity contribution in [3.05, 3.63) is 28.3 Å². The van der Waals surface area contributed by atoms with Crippen molar-refractivity contribution < 1.29 is 9.66 Å². The molecule has 1 aliphatic carbocycles. The topological polar surface area (TPSA) is 64.4 Å². The van der Waals surface area contributed by atoms with Crippen LogP contribution in [0.5, 0.6) is 5.75 Å². The quantitative estimate of drug-likeness (QED) is 0.542. The second-order valence-corrected chi connectivity index (χ2v) is 5.69. The molecule has 1 aromatic carbocycles. The summed E-state index contributed by atoms with van der Waals surface area (Å²) in [5.41, 5.74) is 0.626. The summed E-state index contributed by atoms with van der Waals surface area (Å²) in [5.74, 6) is 1.15. The van der Waals surface area contributed by atoms with Crippen LogP contribution in [0.1, 0.15) is 46.0 Å². The van der Waals surface area contributed by atoms with Crippen LogP contribution in [0.2, 0.25) is 0 Å². The van der Waals surface area contributed by atoms with Gasteiger partial charge < -0.3 is 10.1 Å². The molecule has 1 saturated carbocycles. The smallest absolute Gasteiger partial charge is 0.333 e. The Morgan fingerprint density at radius 3 is 2.76 bits per heavy atom. The van der Waals surface area contributed by atoms with E-state index in [0.29, 0.717) is 18.0 Å². The molecule has 5 nitrogen and oxygen atoms in total. The highest BCUT2D eigenvalue weighted by Crippen LogP contribution is 2.38. The molecule has 21 heavy (non-hydrogen) atoms. The monoisotopic (exact) mass is 292 g/mol. The van der Waals surface area contributed by atoms with Gasteiger partial charge >= 0.3 is 5.69 Å². The lowest BCUT2D eigenvalue weighted by atomic mass is 10.1. The summed E-state index contributed by atoms with van der Waals surface area (Å²) in [4.78, 5) is 11.0. The Hall–Kier alpha value is -1.78. The van der Waals surface area contributed by atoms with Gasteiger partial charge in [0.25, 0.3) is 0 Å². The van der Waals surface area contributed by atoms with Crippen LogP contribution in [0.4, 0.5) is 11.4 Å². The summed E-state index contributed by atoms with van der Waals surface area (Å²) >= 11 is 0. The highest BCUT2D eigenvalue weighted by atomic mass is 16.6. The SMILES string of the molecule is CCCOc1cccc(NC(CC)CC2CC2)c1[N+](=O)[O-]. The summed E-state index contributed by atoms with van der Waals surface area (Å²) in [6.45, 7) is 4.59. The number of nitrogens with zero attached hydrogens (tertiary/aromatic N) is 1. The average Bonchev–Trinajstić information content (AvgIpc) is 3.28. The zero-order valence-corrected chi connectivity index (χ0v) is 12.8. The zero-order chi connectivity index (χ0) is 15.2. The molecule has 116 valence electrons. The molecule has 1 aromatic rings. The molecule has 1 aliphatic rings. The molecule has 2 rings (SSSR count). The van der Waals surface area contributed by atoms with E-state index >= 15 is 0 Å². The average molecular weight is 292 g/mol. The molecule has 0 amide bonds. The lowest BCUT2D eigenvalue weighted by Gasteiger charge is -2.18. The Morgan fingerprint density at radius 1 is 1.43 bits per heavy atom. The lowest BCUT2D eigenvalue weighted by Crippen LogP contribution is -2.20. The third-order valence-electron chi connectivity index (χ3n) is 3.81. The first kappa shape index (κ1) is 15.6. The first-order valence-electron chi connectivity index (χ1n) is 7.82. The van der Waals surface area contributed by atoms with Crippen molar-refractivity contribution in [3.8, 4) is 5.75 Å². The van der Waals surface area contributed by atoms with Crippen LogP contribution >= 0.6 is 0 Å². The molecule has 0 saturated heterocycles. The maximum absolute atomic E-state index is 11.4. The number of nitro benzene ring substituents is 1. The molecule has 0 aliphatic heterocycles. The second kappa shape index (κ2) is 7.29. The van der Waals surface area contributed by atoms with E-state index in [-0.39, 0.29) is 16.7 Å². The Kier molecular flexibility index (Phi) is 5.42. The molecule has 0 radical (unpaired) electrons. The molecule has 1 fully saturated rings. The van der Waals surface area contributed by atoms with E-state index in [2.05, 4.69) is 12.2 Å². The molecule has 5 heteroatoms. The molecule has 1 unspecified atom stereocenters. The van der Waals surface area contributed by atoms with Gasteiger partial charge in [0.15, 0.2) is 5.75 Å². The number of benzene rings is 1. The Labute approximate surface area is 125 Å². The molecule has 0 heterocycles. The van der Waals surface area contributed by atoms with Crippen LogP contribution < -0.4 is 10.1 Å². The van der Waals surface area contributed by atoms with Gasteiger partial charge in [0.1, 0.15) is 5.69 Å². The van der Waals surface area contributed by atoms with Gasteiger partial charge in [0.05, 0.1) is 11.5 Å².